The summed E-state index contributed by atoms with van der Waals surface area (Å²) in [5, 5.41) is 12.3. The van der Waals surface area contributed by atoms with Crippen molar-refractivity contribution >= 4 is 5.91 Å². The van der Waals surface area contributed by atoms with Crippen LogP contribution in [0.5, 0.6) is 17.2 Å². The Balaban J connectivity index is 1.28. The van der Waals surface area contributed by atoms with Crippen LogP contribution in [0, 0.1) is 0 Å². The summed E-state index contributed by atoms with van der Waals surface area (Å²) < 4.78 is 45.3. The zero-order valence-electron chi connectivity index (χ0n) is 18.8. The third kappa shape index (κ3) is 6.06. The average Bonchev–Trinajstić information content (AvgIpc) is 3.35. The number of rotatable bonds is 10. The van der Waals surface area contributed by atoms with E-state index in [0.29, 0.717) is 35.0 Å². The van der Waals surface area contributed by atoms with E-state index in [1.54, 1.807) is 42.5 Å². The van der Waals surface area contributed by atoms with Gasteiger partial charge in [0.1, 0.15) is 18.5 Å². The molecule has 0 radical (unpaired) electrons. The lowest BCUT2D eigenvalue weighted by molar-refractivity contribution is -0.165. The minimum Gasteiger partial charge on any atom is -0.489 e. The molecule has 3 aromatic carbocycles. The maximum absolute atomic E-state index is 14.6. The van der Waals surface area contributed by atoms with Gasteiger partial charge in [0, 0.05) is 12.6 Å². The Morgan fingerprint density at radius 2 is 1.69 bits per heavy atom. The second-order valence-corrected chi connectivity index (χ2v) is 8.22. The first-order chi connectivity index (χ1) is 16.8. The van der Waals surface area contributed by atoms with Crippen molar-refractivity contribution < 1.29 is 32.9 Å². The van der Waals surface area contributed by atoms with E-state index in [-0.39, 0.29) is 19.8 Å². The topological polar surface area (TPSA) is 103 Å². The summed E-state index contributed by atoms with van der Waals surface area (Å²) >= 11 is 0. The Labute approximate surface area is 201 Å². The predicted molar refractivity (Wildman–Crippen MR) is 124 cm³/mol. The number of amides is 1. The van der Waals surface area contributed by atoms with Crippen LogP contribution >= 0.6 is 0 Å². The van der Waals surface area contributed by atoms with Gasteiger partial charge in [0.05, 0.1) is 0 Å². The molecule has 1 aliphatic heterocycles. The lowest BCUT2D eigenvalue weighted by atomic mass is 9.97. The SMILES string of the molecule is NC(Cc1ccc(OCc2ccccc2)cc1)C(O)C(F)(F)C(=O)NCc1ccc2c(c1)OCO2. The molecule has 9 heteroatoms. The van der Waals surface area contributed by atoms with Gasteiger partial charge in [-0.1, -0.05) is 48.5 Å². The molecule has 1 amide bonds. The van der Waals surface area contributed by atoms with Gasteiger partial charge in [-0.25, -0.2) is 0 Å². The van der Waals surface area contributed by atoms with Crippen molar-refractivity contribution in [2.45, 2.75) is 37.6 Å². The Hall–Kier alpha value is -3.69. The number of aliphatic hydroxyl groups excluding tert-OH is 1. The minimum absolute atomic E-state index is 0.0504. The smallest absolute Gasteiger partial charge is 0.351 e. The second kappa shape index (κ2) is 10.7. The van der Waals surface area contributed by atoms with E-state index in [1.165, 1.54) is 0 Å². The molecule has 2 atom stereocenters. The van der Waals surface area contributed by atoms with E-state index in [1.807, 2.05) is 30.3 Å². The van der Waals surface area contributed by atoms with E-state index < -0.39 is 24.0 Å². The van der Waals surface area contributed by atoms with Crippen molar-refractivity contribution in [2.24, 2.45) is 5.73 Å². The molecule has 0 fully saturated rings. The van der Waals surface area contributed by atoms with E-state index in [2.05, 4.69) is 5.32 Å². The highest BCUT2D eigenvalue weighted by atomic mass is 19.3. The van der Waals surface area contributed by atoms with Gasteiger partial charge < -0.3 is 30.4 Å². The number of ether oxygens (including phenoxy) is 3. The van der Waals surface area contributed by atoms with Crippen LogP contribution in [0.3, 0.4) is 0 Å². The summed E-state index contributed by atoms with van der Waals surface area (Å²) in [5.74, 6) is -4.05. The van der Waals surface area contributed by atoms with Crippen LogP contribution in [-0.4, -0.2) is 35.9 Å². The number of nitrogens with two attached hydrogens (primary N) is 1. The maximum Gasteiger partial charge on any atom is 0.351 e. The highest BCUT2D eigenvalue weighted by Crippen LogP contribution is 2.32. The summed E-state index contributed by atoms with van der Waals surface area (Å²) in [7, 11) is 0. The van der Waals surface area contributed by atoms with Gasteiger partial charge in [0.25, 0.3) is 5.91 Å². The van der Waals surface area contributed by atoms with Crippen LogP contribution < -0.4 is 25.3 Å². The van der Waals surface area contributed by atoms with Crippen LogP contribution in [0.4, 0.5) is 8.78 Å². The maximum atomic E-state index is 14.6. The third-order valence-corrected chi connectivity index (χ3v) is 5.61. The number of carbonyl (C=O) groups is 1. The number of nitrogens with one attached hydrogen (secondary N) is 1. The first-order valence-electron chi connectivity index (χ1n) is 11.1. The number of hydrogen-bond acceptors (Lipinski definition) is 6. The summed E-state index contributed by atoms with van der Waals surface area (Å²) in [6, 6.07) is 19.9. The molecule has 0 bridgehead atoms. The number of carbonyl (C=O) groups excluding carboxylic acids is 1. The van der Waals surface area contributed by atoms with E-state index in [0.717, 1.165) is 5.56 Å². The van der Waals surface area contributed by atoms with Crippen LogP contribution in [0.25, 0.3) is 0 Å². The third-order valence-electron chi connectivity index (χ3n) is 5.61. The zero-order chi connectivity index (χ0) is 24.8. The molecule has 4 rings (SSSR count). The molecular formula is C26H26F2N2O5. The molecule has 1 heterocycles. The molecule has 0 saturated carbocycles. The molecule has 0 aliphatic carbocycles. The van der Waals surface area contributed by atoms with Gasteiger partial charge in [0.2, 0.25) is 6.79 Å². The molecule has 0 spiro atoms. The molecule has 1 aliphatic rings. The zero-order valence-corrected chi connectivity index (χ0v) is 18.8. The Morgan fingerprint density at radius 1 is 1.00 bits per heavy atom. The second-order valence-electron chi connectivity index (χ2n) is 8.22. The molecule has 35 heavy (non-hydrogen) atoms. The molecule has 4 N–H and O–H groups in total. The molecular weight excluding hydrogens is 458 g/mol. The Kier molecular flexibility index (Phi) is 7.48. The standard InChI is InChI=1S/C26H26F2N2O5/c27-26(28,25(32)30-14-19-8-11-22-23(13-19)35-16-34-22)24(31)21(29)12-17-6-9-20(10-7-17)33-15-18-4-2-1-3-5-18/h1-11,13,21,24,31H,12,14-16,29H2,(H,30,32). The highest BCUT2D eigenvalue weighted by Gasteiger charge is 2.49. The van der Waals surface area contributed by atoms with Crippen LogP contribution in [0.1, 0.15) is 16.7 Å². The highest BCUT2D eigenvalue weighted by molar-refractivity contribution is 5.84. The van der Waals surface area contributed by atoms with Crippen molar-refractivity contribution in [1.82, 2.24) is 5.32 Å². The summed E-state index contributed by atoms with van der Waals surface area (Å²) in [6.45, 7) is 0.306. The normalized spacial score (nSPS) is 14.3. The number of fused-ring (bicyclic) bond motifs is 1. The lowest BCUT2D eigenvalue weighted by Crippen LogP contribution is -2.55. The van der Waals surface area contributed by atoms with Crippen molar-refractivity contribution in [2.75, 3.05) is 6.79 Å². The van der Waals surface area contributed by atoms with E-state index in [9.17, 15) is 18.7 Å². The molecule has 0 saturated heterocycles. The number of benzene rings is 3. The first kappa shape index (κ1) is 24.4. The predicted octanol–water partition coefficient (Wildman–Crippen LogP) is 3.18. The molecule has 184 valence electrons. The number of alkyl halides is 2. The van der Waals surface area contributed by atoms with Crippen molar-refractivity contribution in [1.29, 1.82) is 0 Å². The minimum atomic E-state index is -4.07. The quantitative estimate of drug-likeness (QED) is 0.409. The van der Waals surface area contributed by atoms with Gasteiger partial charge in [-0.3, -0.25) is 4.79 Å². The van der Waals surface area contributed by atoms with Gasteiger partial charge in [0.15, 0.2) is 11.5 Å². The molecule has 3 aromatic rings. The summed E-state index contributed by atoms with van der Waals surface area (Å²) in [5.41, 5.74) is 8.03. The van der Waals surface area contributed by atoms with Crippen LogP contribution in [0.2, 0.25) is 0 Å². The fourth-order valence-corrected chi connectivity index (χ4v) is 3.60. The van der Waals surface area contributed by atoms with Gasteiger partial charge in [-0.05, 0) is 47.4 Å². The monoisotopic (exact) mass is 484 g/mol. The van der Waals surface area contributed by atoms with Gasteiger partial charge in [-0.15, -0.1) is 0 Å². The fourth-order valence-electron chi connectivity index (χ4n) is 3.60. The first-order valence-corrected chi connectivity index (χ1v) is 11.1. The number of aliphatic hydroxyl groups is 1. The fraction of sp³-hybridized carbons (Fsp3) is 0.269. The molecule has 2 unspecified atom stereocenters. The van der Waals surface area contributed by atoms with Crippen molar-refractivity contribution in [3.05, 3.63) is 89.5 Å². The largest absolute Gasteiger partial charge is 0.489 e. The van der Waals surface area contributed by atoms with Crippen molar-refractivity contribution in [3.63, 3.8) is 0 Å². The van der Waals surface area contributed by atoms with E-state index >= 15 is 0 Å². The average molecular weight is 484 g/mol. The Bertz CT molecular complexity index is 1140. The lowest BCUT2D eigenvalue weighted by Gasteiger charge is -2.26. The number of hydrogen-bond donors (Lipinski definition) is 3. The Morgan fingerprint density at radius 3 is 2.43 bits per heavy atom. The van der Waals surface area contributed by atoms with Crippen LogP contribution in [0.15, 0.2) is 72.8 Å². The molecule has 7 nitrogen and oxygen atoms in total. The van der Waals surface area contributed by atoms with Gasteiger partial charge >= 0.3 is 5.92 Å². The van der Waals surface area contributed by atoms with Crippen molar-refractivity contribution in [3.8, 4) is 17.2 Å². The van der Waals surface area contributed by atoms with Crippen LogP contribution in [-0.2, 0) is 24.4 Å². The van der Waals surface area contributed by atoms with Gasteiger partial charge in [-0.2, -0.15) is 8.78 Å². The molecule has 0 aromatic heterocycles. The summed E-state index contributed by atoms with van der Waals surface area (Å²) in [4.78, 5) is 12.2. The van der Waals surface area contributed by atoms with E-state index in [4.69, 9.17) is 19.9 Å². The number of halogens is 2. The summed E-state index contributed by atoms with van der Waals surface area (Å²) in [6.07, 6.45) is -2.42.